The summed E-state index contributed by atoms with van der Waals surface area (Å²) in [6.07, 6.45) is 2.90. The maximum absolute atomic E-state index is 10.6. The molecule has 0 spiro atoms. The molecule has 0 saturated carbocycles. The molecule has 15 heavy (non-hydrogen) atoms. The van der Waals surface area contributed by atoms with E-state index in [0.717, 1.165) is 24.5 Å². The monoisotopic (exact) mass is 226 g/mol. The highest BCUT2D eigenvalue weighted by atomic mass is 32.1. The third-order valence-electron chi connectivity index (χ3n) is 2.32. The van der Waals surface area contributed by atoms with E-state index in [0.29, 0.717) is 4.88 Å². The van der Waals surface area contributed by atoms with Crippen molar-refractivity contribution in [2.24, 2.45) is 0 Å². The first-order valence-electron chi connectivity index (χ1n) is 5.00. The van der Waals surface area contributed by atoms with Gasteiger partial charge in [-0.25, -0.2) is 4.98 Å². The third kappa shape index (κ3) is 2.35. The largest absolute Gasteiger partial charge is 0.372 e. The molecule has 5 heteroatoms. The molecule has 0 aliphatic carbocycles. The summed E-state index contributed by atoms with van der Waals surface area (Å²) in [5.74, 6) is 0. The molecule has 0 N–H and O–H groups in total. The lowest BCUT2D eigenvalue weighted by molar-refractivity contribution is -0.00522. The maximum atomic E-state index is 10.6. The first kappa shape index (κ1) is 10.6. The summed E-state index contributed by atoms with van der Waals surface area (Å²) in [4.78, 5) is 17.7. The SMILES string of the molecule is C[C@@H]1CN(c2ncc(C=O)s2)C[C@H](C)O1. The quantitative estimate of drug-likeness (QED) is 0.718. The van der Waals surface area contributed by atoms with Crippen LogP contribution in [0.4, 0.5) is 5.13 Å². The number of hydrogen-bond donors (Lipinski definition) is 0. The van der Waals surface area contributed by atoms with Crippen LogP contribution >= 0.6 is 11.3 Å². The molecule has 1 aromatic rings. The van der Waals surface area contributed by atoms with E-state index in [-0.39, 0.29) is 12.2 Å². The number of carbonyl (C=O) groups excluding carboxylic acids is 1. The molecular formula is C10H14N2O2S. The third-order valence-corrected chi connectivity index (χ3v) is 3.30. The van der Waals surface area contributed by atoms with Gasteiger partial charge in [-0.15, -0.1) is 0 Å². The van der Waals surface area contributed by atoms with Gasteiger partial charge in [-0.05, 0) is 13.8 Å². The minimum Gasteiger partial charge on any atom is -0.372 e. The number of aromatic nitrogens is 1. The van der Waals surface area contributed by atoms with Gasteiger partial charge >= 0.3 is 0 Å². The van der Waals surface area contributed by atoms with Crippen LogP contribution < -0.4 is 4.90 Å². The fourth-order valence-corrected chi connectivity index (χ4v) is 2.56. The molecule has 4 nitrogen and oxygen atoms in total. The topological polar surface area (TPSA) is 42.4 Å². The molecule has 1 saturated heterocycles. The Balaban J connectivity index is 2.12. The van der Waals surface area contributed by atoms with Gasteiger partial charge in [0.15, 0.2) is 11.4 Å². The van der Waals surface area contributed by atoms with E-state index >= 15 is 0 Å². The summed E-state index contributed by atoms with van der Waals surface area (Å²) in [5, 5.41) is 0.916. The molecule has 0 bridgehead atoms. The number of ether oxygens (including phenoxy) is 1. The van der Waals surface area contributed by atoms with Crippen LogP contribution in [0.3, 0.4) is 0 Å². The molecule has 2 atom stereocenters. The molecule has 0 aromatic carbocycles. The van der Waals surface area contributed by atoms with Crippen molar-refractivity contribution in [2.75, 3.05) is 18.0 Å². The number of morpholine rings is 1. The molecule has 1 fully saturated rings. The molecule has 2 heterocycles. The Kier molecular flexibility index (Phi) is 3.02. The first-order chi connectivity index (χ1) is 7.19. The van der Waals surface area contributed by atoms with E-state index in [4.69, 9.17) is 4.74 Å². The van der Waals surface area contributed by atoms with Crippen LogP contribution in [-0.2, 0) is 4.74 Å². The smallest absolute Gasteiger partial charge is 0.186 e. The summed E-state index contributed by atoms with van der Waals surface area (Å²) in [6.45, 7) is 5.79. The summed E-state index contributed by atoms with van der Waals surface area (Å²) in [6, 6.07) is 0. The van der Waals surface area contributed by atoms with E-state index in [2.05, 4.69) is 23.7 Å². The summed E-state index contributed by atoms with van der Waals surface area (Å²) >= 11 is 1.43. The Morgan fingerprint density at radius 3 is 2.73 bits per heavy atom. The van der Waals surface area contributed by atoms with E-state index < -0.39 is 0 Å². The number of carbonyl (C=O) groups is 1. The standard InChI is InChI=1S/C10H14N2O2S/c1-7-4-12(5-8(2)14-7)10-11-3-9(6-13)15-10/h3,6-8H,4-5H2,1-2H3/t7-,8+. The molecule has 2 rings (SSSR count). The average Bonchev–Trinajstić information content (AvgIpc) is 2.64. The maximum Gasteiger partial charge on any atom is 0.186 e. The lowest BCUT2D eigenvalue weighted by Gasteiger charge is -2.35. The van der Waals surface area contributed by atoms with Crippen LogP contribution in [0.1, 0.15) is 23.5 Å². The summed E-state index contributed by atoms with van der Waals surface area (Å²) < 4.78 is 5.64. The Morgan fingerprint density at radius 1 is 1.53 bits per heavy atom. The lowest BCUT2D eigenvalue weighted by atomic mass is 10.2. The van der Waals surface area contributed by atoms with Crippen LogP contribution in [0.15, 0.2) is 6.20 Å². The second-order valence-corrected chi connectivity index (χ2v) is 4.87. The van der Waals surface area contributed by atoms with Crippen LogP contribution in [0.25, 0.3) is 0 Å². The molecular weight excluding hydrogens is 212 g/mol. The van der Waals surface area contributed by atoms with Crippen LogP contribution in [0.5, 0.6) is 0 Å². The van der Waals surface area contributed by atoms with Gasteiger partial charge in [0.1, 0.15) is 0 Å². The zero-order valence-corrected chi connectivity index (χ0v) is 9.66. The van der Waals surface area contributed by atoms with Gasteiger partial charge in [0, 0.05) is 13.1 Å². The molecule has 1 aliphatic rings. The summed E-state index contributed by atoms with van der Waals surface area (Å²) in [5.41, 5.74) is 0. The van der Waals surface area contributed by atoms with Crippen molar-refractivity contribution in [3.63, 3.8) is 0 Å². The molecule has 0 unspecified atom stereocenters. The molecule has 1 aromatic heterocycles. The predicted octanol–water partition coefficient (Wildman–Crippen LogP) is 1.57. The van der Waals surface area contributed by atoms with Gasteiger partial charge in [0.2, 0.25) is 0 Å². The predicted molar refractivity (Wildman–Crippen MR) is 59.7 cm³/mol. The minimum atomic E-state index is 0.220. The Labute approximate surface area is 92.9 Å². The van der Waals surface area contributed by atoms with Gasteiger partial charge in [-0.3, -0.25) is 4.79 Å². The van der Waals surface area contributed by atoms with Crippen LogP contribution in [0.2, 0.25) is 0 Å². The number of anilines is 1. The van der Waals surface area contributed by atoms with Crippen molar-refractivity contribution in [1.29, 1.82) is 0 Å². The minimum absolute atomic E-state index is 0.220. The second-order valence-electron chi connectivity index (χ2n) is 3.83. The molecule has 82 valence electrons. The Morgan fingerprint density at radius 2 is 2.20 bits per heavy atom. The number of aldehydes is 1. The molecule has 0 radical (unpaired) electrons. The number of rotatable bonds is 2. The number of thiazole rings is 1. The number of nitrogens with zero attached hydrogens (tertiary/aromatic N) is 2. The molecule has 1 aliphatic heterocycles. The average molecular weight is 226 g/mol. The first-order valence-corrected chi connectivity index (χ1v) is 5.82. The highest BCUT2D eigenvalue weighted by Gasteiger charge is 2.24. The van der Waals surface area contributed by atoms with Gasteiger partial charge in [-0.2, -0.15) is 0 Å². The van der Waals surface area contributed by atoms with E-state index in [9.17, 15) is 4.79 Å². The lowest BCUT2D eigenvalue weighted by Crippen LogP contribution is -2.45. The van der Waals surface area contributed by atoms with Crippen molar-refractivity contribution in [2.45, 2.75) is 26.1 Å². The number of hydrogen-bond acceptors (Lipinski definition) is 5. The van der Waals surface area contributed by atoms with Gasteiger partial charge in [-0.1, -0.05) is 11.3 Å². The zero-order valence-electron chi connectivity index (χ0n) is 8.84. The molecule has 0 amide bonds. The highest BCUT2D eigenvalue weighted by molar-refractivity contribution is 7.17. The Bertz CT molecular complexity index is 343. The van der Waals surface area contributed by atoms with Crippen molar-refractivity contribution < 1.29 is 9.53 Å². The van der Waals surface area contributed by atoms with E-state index in [1.165, 1.54) is 11.3 Å². The van der Waals surface area contributed by atoms with Crippen molar-refractivity contribution in [3.8, 4) is 0 Å². The van der Waals surface area contributed by atoms with Gasteiger partial charge in [0.05, 0.1) is 23.3 Å². The van der Waals surface area contributed by atoms with Gasteiger partial charge in [0.25, 0.3) is 0 Å². The van der Waals surface area contributed by atoms with E-state index in [1.54, 1.807) is 6.20 Å². The van der Waals surface area contributed by atoms with Crippen molar-refractivity contribution >= 4 is 22.8 Å². The van der Waals surface area contributed by atoms with E-state index in [1.807, 2.05) is 0 Å². The second kappa shape index (κ2) is 4.28. The fourth-order valence-electron chi connectivity index (χ4n) is 1.81. The van der Waals surface area contributed by atoms with Crippen LogP contribution in [-0.4, -0.2) is 36.6 Å². The van der Waals surface area contributed by atoms with Crippen molar-refractivity contribution in [1.82, 2.24) is 4.98 Å². The Hall–Kier alpha value is -0.940. The van der Waals surface area contributed by atoms with Gasteiger partial charge < -0.3 is 9.64 Å². The highest BCUT2D eigenvalue weighted by Crippen LogP contribution is 2.24. The van der Waals surface area contributed by atoms with Crippen molar-refractivity contribution in [3.05, 3.63) is 11.1 Å². The fraction of sp³-hybridized carbons (Fsp3) is 0.600. The van der Waals surface area contributed by atoms with Crippen LogP contribution in [0, 0.1) is 0 Å². The summed E-state index contributed by atoms with van der Waals surface area (Å²) in [7, 11) is 0. The zero-order chi connectivity index (χ0) is 10.8. The normalized spacial score (nSPS) is 26.7.